The van der Waals surface area contributed by atoms with Crippen molar-refractivity contribution in [3.8, 4) is 22.6 Å². The summed E-state index contributed by atoms with van der Waals surface area (Å²) in [6, 6.07) is 21.6. The number of carbonyl (C=O) groups excluding carboxylic acids is 1. The number of benzene rings is 3. The molecule has 0 aromatic heterocycles. The third kappa shape index (κ3) is 3.46. The number of hydrogen-bond donors (Lipinski definition) is 0. The molecule has 4 heteroatoms. The second-order valence-corrected chi connectivity index (χ2v) is 6.59. The Morgan fingerprint density at radius 3 is 2.25 bits per heavy atom. The molecule has 0 unspecified atom stereocenters. The van der Waals surface area contributed by atoms with Gasteiger partial charge in [-0.25, -0.2) is 4.79 Å². The summed E-state index contributed by atoms with van der Waals surface area (Å²) in [4.78, 5) is 12.3. The topological polar surface area (TPSA) is 44.8 Å². The van der Waals surface area contributed by atoms with Crippen LogP contribution in [0.3, 0.4) is 0 Å². The Kier molecular flexibility index (Phi) is 5.02. The molecule has 3 aromatic carbocycles. The summed E-state index contributed by atoms with van der Waals surface area (Å²) in [5.41, 5.74) is 5.28. The molecule has 0 saturated carbocycles. The molecule has 4 nitrogen and oxygen atoms in total. The minimum Gasteiger partial charge on any atom is -0.494 e. The lowest BCUT2D eigenvalue weighted by Gasteiger charge is -2.15. The molecule has 1 aliphatic rings. The highest BCUT2D eigenvalue weighted by molar-refractivity contribution is 5.79. The van der Waals surface area contributed by atoms with Gasteiger partial charge in [0.1, 0.15) is 18.1 Å². The fraction of sp³-hybridized carbons (Fsp3) is 0.167. The van der Waals surface area contributed by atoms with Crippen LogP contribution in [0, 0.1) is 6.92 Å². The van der Waals surface area contributed by atoms with Gasteiger partial charge in [0.25, 0.3) is 0 Å². The van der Waals surface area contributed by atoms with Crippen molar-refractivity contribution in [2.75, 3.05) is 13.2 Å². The lowest BCUT2D eigenvalue weighted by Crippen LogP contribution is -2.16. The van der Waals surface area contributed by atoms with Gasteiger partial charge in [0.05, 0.1) is 6.61 Å². The normalized spacial score (nSPS) is 12.2. The van der Waals surface area contributed by atoms with Crippen LogP contribution in [0.2, 0.25) is 0 Å². The summed E-state index contributed by atoms with van der Waals surface area (Å²) in [6.45, 7) is 6.52. The van der Waals surface area contributed by atoms with Crippen LogP contribution in [-0.4, -0.2) is 19.4 Å². The molecule has 0 aliphatic heterocycles. The van der Waals surface area contributed by atoms with Crippen molar-refractivity contribution in [1.29, 1.82) is 0 Å². The molecule has 0 heterocycles. The predicted molar refractivity (Wildman–Crippen MR) is 108 cm³/mol. The van der Waals surface area contributed by atoms with Crippen LogP contribution >= 0.6 is 0 Å². The predicted octanol–water partition coefficient (Wildman–Crippen LogP) is 5.60. The third-order valence-corrected chi connectivity index (χ3v) is 4.87. The summed E-state index contributed by atoms with van der Waals surface area (Å²) in [6.07, 6.45) is -0.750. The van der Waals surface area contributed by atoms with E-state index in [0.29, 0.717) is 23.7 Å². The monoisotopic (exact) mass is 373 g/mol. The molecule has 0 bridgehead atoms. The second kappa shape index (κ2) is 7.77. The van der Waals surface area contributed by atoms with Gasteiger partial charge >= 0.3 is 6.16 Å². The maximum absolute atomic E-state index is 12.3. The van der Waals surface area contributed by atoms with Gasteiger partial charge in [-0.3, -0.25) is 0 Å². The first-order valence-corrected chi connectivity index (χ1v) is 9.29. The first-order chi connectivity index (χ1) is 13.7. The van der Waals surface area contributed by atoms with Gasteiger partial charge in [0.2, 0.25) is 0 Å². The maximum atomic E-state index is 12.3. The quantitative estimate of drug-likeness (QED) is 0.432. The molecule has 1 radical (unpaired) electrons. The van der Waals surface area contributed by atoms with Gasteiger partial charge in [0.15, 0.2) is 0 Å². The molecule has 141 valence electrons. The fourth-order valence-electron chi connectivity index (χ4n) is 3.60. The smallest absolute Gasteiger partial charge is 0.494 e. The summed E-state index contributed by atoms with van der Waals surface area (Å²) in [5.74, 6) is 0.952. The van der Waals surface area contributed by atoms with Crippen molar-refractivity contribution >= 4 is 6.16 Å². The van der Waals surface area contributed by atoms with Crippen LogP contribution < -0.4 is 9.47 Å². The number of hydrogen-bond acceptors (Lipinski definition) is 4. The standard InChI is InChI=1S/C24H21O4/c1-3-26-17-13-12-16(2)23(14-17)28-24(25)27-15-22-20-10-6-4-8-18(20)19-9-5-7-11-21(19)22/h4-14,22H,2-3,15H2,1H3. The van der Waals surface area contributed by atoms with E-state index in [1.54, 1.807) is 18.2 Å². The van der Waals surface area contributed by atoms with E-state index < -0.39 is 6.16 Å². The van der Waals surface area contributed by atoms with Crippen molar-refractivity contribution < 1.29 is 19.0 Å². The molecule has 0 fully saturated rings. The lowest BCUT2D eigenvalue weighted by atomic mass is 9.98. The number of rotatable bonds is 5. The van der Waals surface area contributed by atoms with Crippen LogP contribution in [0.4, 0.5) is 4.79 Å². The summed E-state index contributed by atoms with van der Waals surface area (Å²) >= 11 is 0. The Hall–Kier alpha value is -3.27. The zero-order chi connectivity index (χ0) is 19.5. The molecule has 1 aliphatic carbocycles. The van der Waals surface area contributed by atoms with Gasteiger partial charge in [0, 0.05) is 12.0 Å². The zero-order valence-corrected chi connectivity index (χ0v) is 15.7. The SMILES string of the molecule is [CH2]c1ccc(OCC)cc1OC(=O)OCC1c2ccccc2-c2ccccc21. The van der Waals surface area contributed by atoms with Gasteiger partial charge in [-0.05, 0) is 47.7 Å². The van der Waals surface area contributed by atoms with Crippen LogP contribution in [0.25, 0.3) is 11.1 Å². The van der Waals surface area contributed by atoms with Crippen molar-refractivity contribution in [2.24, 2.45) is 0 Å². The summed E-state index contributed by atoms with van der Waals surface area (Å²) in [7, 11) is 0. The molecular weight excluding hydrogens is 352 g/mol. The Labute approximate surface area is 164 Å². The van der Waals surface area contributed by atoms with Crippen molar-refractivity contribution in [1.82, 2.24) is 0 Å². The molecule has 28 heavy (non-hydrogen) atoms. The van der Waals surface area contributed by atoms with Gasteiger partial charge in [-0.2, -0.15) is 0 Å². The number of carbonyl (C=O) groups is 1. The average molecular weight is 373 g/mol. The highest BCUT2D eigenvalue weighted by atomic mass is 16.7. The molecule has 0 amide bonds. The van der Waals surface area contributed by atoms with E-state index >= 15 is 0 Å². The van der Waals surface area contributed by atoms with E-state index in [-0.39, 0.29) is 12.5 Å². The lowest BCUT2D eigenvalue weighted by molar-refractivity contribution is 0.0962. The molecule has 3 aromatic rings. The number of fused-ring (bicyclic) bond motifs is 3. The summed E-state index contributed by atoms with van der Waals surface area (Å²) in [5, 5.41) is 0. The second-order valence-electron chi connectivity index (χ2n) is 6.59. The summed E-state index contributed by atoms with van der Waals surface area (Å²) < 4.78 is 16.3. The molecule has 0 spiro atoms. The zero-order valence-electron chi connectivity index (χ0n) is 15.7. The maximum Gasteiger partial charge on any atom is 0.513 e. The van der Waals surface area contributed by atoms with Gasteiger partial charge < -0.3 is 14.2 Å². The molecule has 0 atom stereocenters. The minimum atomic E-state index is -0.750. The first kappa shape index (κ1) is 18.1. The Morgan fingerprint density at radius 2 is 1.61 bits per heavy atom. The Balaban J connectivity index is 1.48. The molecular formula is C24H21O4. The van der Waals surface area contributed by atoms with Crippen LogP contribution in [-0.2, 0) is 4.74 Å². The van der Waals surface area contributed by atoms with E-state index in [1.165, 1.54) is 11.1 Å². The Morgan fingerprint density at radius 1 is 0.964 bits per heavy atom. The Bertz CT molecular complexity index is 963. The average Bonchev–Trinajstić information content (AvgIpc) is 3.03. The highest BCUT2D eigenvalue weighted by Gasteiger charge is 2.29. The van der Waals surface area contributed by atoms with Crippen molar-refractivity contribution in [3.05, 3.63) is 90.3 Å². The fourth-order valence-corrected chi connectivity index (χ4v) is 3.60. The third-order valence-electron chi connectivity index (χ3n) is 4.87. The van der Waals surface area contributed by atoms with E-state index in [1.807, 2.05) is 31.2 Å². The van der Waals surface area contributed by atoms with Crippen LogP contribution in [0.1, 0.15) is 29.5 Å². The minimum absolute atomic E-state index is 0.00562. The molecule has 0 saturated heterocycles. The van der Waals surface area contributed by atoms with Crippen molar-refractivity contribution in [3.63, 3.8) is 0 Å². The van der Waals surface area contributed by atoms with Crippen molar-refractivity contribution in [2.45, 2.75) is 12.8 Å². The van der Waals surface area contributed by atoms with E-state index in [9.17, 15) is 4.79 Å². The largest absolute Gasteiger partial charge is 0.513 e. The van der Waals surface area contributed by atoms with Crippen LogP contribution in [0.5, 0.6) is 11.5 Å². The molecule has 4 rings (SSSR count). The highest BCUT2D eigenvalue weighted by Crippen LogP contribution is 2.44. The molecule has 0 N–H and O–H groups in total. The van der Waals surface area contributed by atoms with E-state index in [4.69, 9.17) is 14.2 Å². The first-order valence-electron chi connectivity index (χ1n) is 9.29. The van der Waals surface area contributed by atoms with Gasteiger partial charge in [-0.15, -0.1) is 0 Å². The van der Waals surface area contributed by atoms with Crippen LogP contribution in [0.15, 0.2) is 66.7 Å². The van der Waals surface area contributed by atoms with Gasteiger partial charge in [-0.1, -0.05) is 54.6 Å². The van der Waals surface area contributed by atoms with E-state index in [0.717, 1.165) is 11.1 Å². The number of ether oxygens (including phenoxy) is 3. The van der Waals surface area contributed by atoms with E-state index in [2.05, 4.69) is 31.2 Å².